The number of anilines is 1. The number of aryl methyl sites for hydroxylation is 1. The van der Waals surface area contributed by atoms with Crippen LogP contribution in [0.3, 0.4) is 0 Å². The maximum absolute atomic E-state index is 13.4. The van der Waals surface area contributed by atoms with E-state index in [1.54, 1.807) is 12.4 Å². The number of hydrogen-bond acceptors (Lipinski definition) is 3. The number of aromatic amines is 1. The van der Waals surface area contributed by atoms with Crippen LogP contribution in [0.4, 0.5) is 10.2 Å². The first-order valence-corrected chi connectivity index (χ1v) is 6.49. The quantitative estimate of drug-likeness (QED) is 0.563. The predicted molar refractivity (Wildman–Crippen MR) is 80.2 cm³/mol. The molecular weight excluding hydrogens is 269 g/mol. The molecule has 6 heteroatoms. The van der Waals surface area contributed by atoms with Crippen molar-refractivity contribution in [2.75, 3.05) is 5.73 Å². The fourth-order valence-electron chi connectivity index (χ4n) is 2.69. The molecule has 0 radical (unpaired) electrons. The summed E-state index contributed by atoms with van der Waals surface area (Å²) in [5.41, 5.74) is 9.83. The molecule has 4 rings (SSSR count). The SMILES string of the molecule is Cn1c(-c2cccc(F)c2)cc2c3nc[nH]c3c(N)nc21. The lowest BCUT2D eigenvalue weighted by Gasteiger charge is -2.04. The number of rotatable bonds is 1. The number of halogens is 1. The first-order valence-electron chi connectivity index (χ1n) is 6.49. The lowest BCUT2D eigenvalue weighted by molar-refractivity contribution is 0.628. The molecule has 3 heterocycles. The maximum atomic E-state index is 13.4. The molecule has 0 unspecified atom stereocenters. The Kier molecular flexibility index (Phi) is 2.29. The Labute approximate surface area is 119 Å². The number of nitrogens with one attached hydrogen (secondary N) is 1. The molecule has 0 saturated heterocycles. The van der Waals surface area contributed by atoms with Crippen molar-refractivity contribution in [2.45, 2.75) is 0 Å². The normalized spacial score (nSPS) is 11.5. The van der Waals surface area contributed by atoms with Crippen LogP contribution < -0.4 is 5.73 Å². The Morgan fingerprint density at radius 3 is 2.95 bits per heavy atom. The van der Waals surface area contributed by atoms with Crippen molar-refractivity contribution in [1.29, 1.82) is 0 Å². The smallest absolute Gasteiger partial charge is 0.151 e. The predicted octanol–water partition coefficient (Wildman–Crippen LogP) is 2.84. The lowest BCUT2D eigenvalue weighted by atomic mass is 10.1. The molecule has 5 nitrogen and oxygen atoms in total. The Balaban J connectivity index is 2.10. The zero-order valence-corrected chi connectivity index (χ0v) is 11.3. The highest BCUT2D eigenvalue weighted by Crippen LogP contribution is 2.31. The molecule has 0 bridgehead atoms. The van der Waals surface area contributed by atoms with E-state index in [0.717, 1.165) is 33.3 Å². The van der Waals surface area contributed by atoms with Crippen LogP contribution in [-0.2, 0) is 7.05 Å². The third-order valence-electron chi connectivity index (χ3n) is 3.70. The number of aromatic nitrogens is 4. The van der Waals surface area contributed by atoms with E-state index in [9.17, 15) is 4.39 Å². The number of fused-ring (bicyclic) bond motifs is 3. The first kappa shape index (κ1) is 11.9. The Morgan fingerprint density at radius 1 is 1.29 bits per heavy atom. The van der Waals surface area contributed by atoms with E-state index in [1.807, 2.05) is 23.7 Å². The molecule has 4 aromatic rings. The van der Waals surface area contributed by atoms with Gasteiger partial charge in [-0.15, -0.1) is 0 Å². The van der Waals surface area contributed by atoms with Crippen molar-refractivity contribution in [3.63, 3.8) is 0 Å². The van der Waals surface area contributed by atoms with E-state index in [4.69, 9.17) is 5.73 Å². The molecule has 0 aliphatic carbocycles. The molecule has 0 aliphatic heterocycles. The summed E-state index contributed by atoms with van der Waals surface area (Å²) in [7, 11) is 1.88. The van der Waals surface area contributed by atoms with Crippen molar-refractivity contribution < 1.29 is 4.39 Å². The largest absolute Gasteiger partial charge is 0.382 e. The Hall–Kier alpha value is -2.89. The van der Waals surface area contributed by atoms with Gasteiger partial charge in [0.05, 0.1) is 12.0 Å². The molecule has 21 heavy (non-hydrogen) atoms. The molecule has 3 N–H and O–H groups in total. The zero-order valence-electron chi connectivity index (χ0n) is 11.3. The van der Waals surface area contributed by atoms with Crippen LogP contribution in [0.25, 0.3) is 33.3 Å². The van der Waals surface area contributed by atoms with Crippen LogP contribution in [0.5, 0.6) is 0 Å². The average Bonchev–Trinajstić information content (AvgIpc) is 3.05. The van der Waals surface area contributed by atoms with E-state index in [1.165, 1.54) is 12.1 Å². The summed E-state index contributed by atoms with van der Waals surface area (Å²) in [4.78, 5) is 11.7. The van der Waals surface area contributed by atoms with Gasteiger partial charge < -0.3 is 15.3 Å². The van der Waals surface area contributed by atoms with Gasteiger partial charge in [-0.1, -0.05) is 12.1 Å². The van der Waals surface area contributed by atoms with Crippen LogP contribution in [0.15, 0.2) is 36.7 Å². The summed E-state index contributed by atoms with van der Waals surface area (Å²) < 4.78 is 15.3. The molecular formula is C15H12FN5. The third kappa shape index (κ3) is 1.62. The zero-order chi connectivity index (χ0) is 14.6. The highest BCUT2D eigenvalue weighted by atomic mass is 19.1. The van der Waals surface area contributed by atoms with Crippen molar-refractivity contribution in [3.8, 4) is 11.3 Å². The summed E-state index contributed by atoms with van der Waals surface area (Å²) >= 11 is 0. The fourth-order valence-corrected chi connectivity index (χ4v) is 2.69. The standard InChI is InChI=1S/C15H12FN5/c1-21-11(8-3-2-4-9(16)5-8)6-10-12-13(19-7-18-12)14(17)20-15(10)21/h2-7H,1H3,(H2,17,20)(H,18,19). The fraction of sp³-hybridized carbons (Fsp3) is 0.0667. The highest BCUT2D eigenvalue weighted by Gasteiger charge is 2.15. The third-order valence-corrected chi connectivity index (χ3v) is 3.70. The van der Waals surface area contributed by atoms with Gasteiger partial charge in [0.2, 0.25) is 0 Å². The summed E-state index contributed by atoms with van der Waals surface area (Å²) in [6.07, 6.45) is 1.59. The number of nitrogens with zero attached hydrogens (tertiary/aromatic N) is 3. The number of hydrogen-bond donors (Lipinski definition) is 2. The molecule has 0 atom stereocenters. The first-order chi connectivity index (χ1) is 10.1. The van der Waals surface area contributed by atoms with Crippen LogP contribution in [-0.4, -0.2) is 19.5 Å². The molecule has 0 aliphatic rings. The molecule has 0 fully saturated rings. The number of H-pyrrole nitrogens is 1. The van der Waals surface area contributed by atoms with Gasteiger partial charge in [0.25, 0.3) is 0 Å². The average molecular weight is 281 g/mol. The second kappa shape index (κ2) is 4.05. The van der Waals surface area contributed by atoms with Crippen molar-refractivity contribution in [2.24, 2.45) is 7.05 Å². The number of benzene rings is 1. The van der Waals surface area contributed by atoms with E-state index in [2.05, 4.69) is 15.0 Å². The van der Waals surface area contributed by atoms with Crippen molar-refractivity contribution in [1.82, 2.24) is 19.5 Å². The van der Waals surface area contributed by atoms with Crippen LogP contribution in [0.2, 0.25) is 0 Å². The van der Waals surface area contributed by atoms with Gasteiger partial charge in [-0.05, 0) is 18.2 Å². The van der Waals surface area contributed by atoms with Gasteiger partial charge >= 0.3 is 0 Å². The van der Waals surface area contributed by atoms with Crippen molar-refractivity contribution in [3.05, 3.63) is 42.5 Å². The van der Waals surface area contributed by atoms with Gasteiger partial charge in [-0.3, -0.25) is 0 Å². The number of nitrogens with two attached hydrogens (primary N) is 1. The number of imidazole rings is 1. The maximum Gasteiger partial charge on any atom is 0.151 e. The van der Waals surface area contributed by atoms with Gasteiger partial charge in [0.15, 0.2) is 5.82 Å². The van der Waals surface area contributed by atoms with Gasteiger partial charge in [0, 0.05) is 18.0 Å². The second-order valence-corrected chi connectivity index (χ2v) is 4.96. The molecule has 3 aromatic heterocycles. The molecule has 0 saturated carbocycles. The molecule has 0 spiro atoms. The number of nitrogen functional groups attached to an aromatic ring is 1. The minimum atomic E-state index is -0.268. The van der Waals surface area contributed by atoms with Crippen LogP contribution in [0.1, 0.15) is 0 Å². The summed E-state index contributed by atoms with van der Waals surface area (Å²) in [6.45, 7) is 0. The van der Waals surface area contributed by atoms with Crippen LogP contribution >= 0.6 is 0 Å². The number of pyridine rings is 1. The lowest BCUT2D eigenvalue weighted by Crippen LogP contribution is -1.97. The monoisotopic (exact) mass is 281 g/mol. The summed E-state index contributed by atoms with van der Waals surface area (Å²) in [5, 5.41) is 0.891. The van der Waals surface area contributed by atoms with Gasteiger partial charge in [-0.2, -0.15) is 0 Å². The minimum absolute atomic E-state index is 0.268. The second-order valence-electron chi connectivity index (χ2n) is 4.96. The van der Waals surface area contributed by atoms with E-state index >= 15 is 0 Å². The van der Waals surface area contributed by atoms with Crippen LogP contribution in [0, 0.1) is 5.82 Å². The minimum Gasteiger partial charge on any atom is -0.382 e. The molecule has 1 aromatic carbocycles. The van der Waals surface area contributed by atoms with E-state index < -0.39 is 0 Å². The van der Waals surface area contributed by atoms with Gasteiger partial charge in [0.1, 0.15) is 22.5 Å². The topological polar surface area (TPSA) is 72.5 Å². The highest BCUT2D eigenvalue weighted by molar-refractivity contribution is 6.07. The van der Waals surface area contributed by atoms with E-state index in [-0.39, 0.29) is 5.82 Å². The van der Waals surface area contributed by atoms with Crippen molar-refractivity contribution >= 4 is 27.9 Å². The molecule has 104 valence electrons. The van der Waals surface area contributed by atoms with E-state index in [0.29, 0.717) is 5.82 Å². The summed E-state index contributed by atoms with van der Waals surface area (Å²) in [5.74, 6) is 0.136. The Bertz CT molecular complexity index is 982. The van der Waals surface area contributed by atoms with Gasteiger partial charge in [-0.25, -0.2) is 14.4 Å². The Morgan fingerprint density at radius 2 is 2.14 bits per heavy atom. The summed E-state index contributed by atoms with van der Waals surface area (Å²) in [6, 6.07) is 8.43. The molecule has 0 amide bonds.